The van der Waals surface area contributed by atoms with E-state index < -0.39 is 0 Å². The standard InChI is InChI=1S/C12H8N4/c1-2-4-10-9(3-1)5-6-11(15-10)12-13-7-8-14-16-12/h1-8H. The van der Waals surface area contributed by atoms with Crippen molar-refractivity contribution < 1.29 is 0 Å². The van der Waals surface area contributed by atoms with Crippen LogP contribution in [0.3, 0.4) is 0 Å². The molecule has 0 fully saturated rings. The summed E-state index contributed by atoms with van der Waals surface area (Å²) >= 11 is 0. The molecule has 3 rings (SSSR count). The molecule has 0 aliphatic carbocycles. The fourth-order valence-corrected chi connectivity index (χ4v) is 1.56. The van der Waals surface area contributed by atoms with Crippen LogP contribution in [-0.2, 0) is 0 Å². The predicted molar refractivity (Wildman–Crippen MR) is 60.6 cm³/mol. The van der Waals surface area contributed by atoms with Gasteiger partial charge in [0.25, 0.3) is 0 Å². The van der Waals surface area contributed by atoms with Crippen molar-refractivity contribution in [3.05, 3.63) is 48.8 Å². The number of aromatic nitrogens is 4. The first kappa shape index (κ1) is 8.91. The van der Waals surface area contributed by atoms with Crippen LogP contribution in [0, 0.1) is 0 Å². The third-order valence-corrected chi connectivity index (χ3v) is 2.31. The van der Waals surface area contributed by atoms with Crippen molar-refractivity contribution in [3.8, 4) is 11.5 Å². The fourth-order valence-electron chi connectivity index (χ4n) is 1.56. The molecule has 0 saturated carbocycles. The summed E-state index contributed by atoms with van der Waals surface area (Å²) in [5, 5.41) is 8.83. The molecule has 0 aliphatic heterocycles. The molecular formula is C12H8N4. The summed E-state index contributed by atoms with van der Waals surface area (Å²) in [5.74, 6) is 0.549. The van der Waals surface area contributed by atoms with Crippen LogP contribution in [0.1, 0.15) is 0 Å². The largest absolute Gasteiger partial charge is 0.244 e. The zero-order valence-corrected chi connectivity index (χ0v) is 8.41. The number of benzene rings is 1. The van der Waals surface area contributed by atoms with Gasteiger partial charge in [-0.1, -0.05) is 24.3 Å². The van der Waals surface area contributed by atoms with Crippen molar-refractivity contribution in [3.63, 3.8) is 0 Å². The molecule has 0 spiro atoms. The van der Waals surface area contributed by atoms with E-state index in [1.54, 1.807) is 12.4 Å². The van der Waals surface area contributed by atoms with Gasteiger partial charge in [0, 0.05) is 11.6 Å². The molecule has 0 radical (unpaired) electrons. The molecule has 16 heavy (non-hydrogen) atoms. The minimum atomic E-state index is 0.549. The first-order valence-corrected chi connectivity index (χ1v) is 4.93. The third kappa shape index (κ3) is 1.50. The smallest absolute Gasteiger partial charge is 0.200 e. The Morgan fingerprint density at radius 1 is 0.875 bits per heavy atom. The van der Waals surface area contributed by atoms with Gasteiger partial charge in [-0.15, -0.1) is 5.10 Å². The molecule has 0 atom stereocenters. The second-order valence-corrected chi connectivity index (χ2v) is 3.36. The highest BCUT2D eigenvalue weighted by Gasteiger charge is 2.03. The van der Waals surface area contributed by atoms with Crippen LogP contribution in [-0.4, -0.2) is 20.2 Å². The molecule has 4 heteroatoms. The molecule has 0 unspecified atom stereocenters. The van der Waals surface area contributed by atoms with Gasteiger partial charge in [-0.3, -0.25) is 0 Å². The van der Waals surface area contributed by atoms with Crippen LogP contribution in [0.25, 0.3) is 22.4 Å². The van der Waals surface area contributed by atoms with Crippen LogP contribution in [0.2, 0.25) is 0 Å². The number of hydrogen-bond acceptors (Lipinski definition) is 4. The van der Waals surface area contributed by atoms with Gasteiger partial charge in [-0.2, -0.15) is 5.10 Å². The van der Waals surface area contributed by atoms with Gasteiger partial charge in [0.2, 0.25) is 0 Å². The van der Waals surface area contributed by atoms with Gasteiger partial charge in [0.15, 0.2) is 5.82 Å². The Bertz CT molecular complexity index is 622. The van der Waals surface area contributed by atoms with E-state index in [0.29, 0.717) is 5.82 Å². The lowest BCUT2D eigenvalue weighted by atomic mass is 10.2. The maximum Gasteiger partial charge on any atom is 0.200 e. The van der Waals surface area contributed by atoms with Gasteiger partial charge in [-0.25, -0.2) is 9.97 Å². The number of para-hydroxylation sites is 1. The van der Waals surface area contributed by atoms with Gasteiger partial charge < -0.3 is 0 Å². The lowest BCUT2D eigenvalue weighted by Gasteiger charge is -2.00. The van der Waals surface area contributed by atoms with Gasteiger partial charge in [0.05, 0.1) is 11.7 Å². The minimum Gasteiger partial charge on any atom is -0.244 e. The summed E-state index contributed by atoms with van der Waals surface area (Å²) in [4.78, 5) is 8.60. The molecule has 0 aliphatic rings. The molecule has 76 valence electrons. The first-order chi connectivity index (χ1) is 7.93. The highest BCUT2D eigenvalue weighted by Crippen LogP contribution is 2.16. The van der Waals surface area contributed by atoms with E-state index in [1.165, 1.54) is 0 Å². The topological polar surface area (TPSA) is 51.6 Å². The molecule has 2 aromatic heterocycles. The van der Waals surface area contributed by atoms with Gasteiger partial charge >= 0.3 is 0 Å². The second-order valence-electron chi connectivity index (χ2n) is 3.36. The molecule has 2 heterocycles. The van der Waals surface area contributed by atoms with Crippen molar-refractivity contribution in [1.82, 2.24) is 20.2 Å². The summed E-state index contributed by atoms with van der Waals surface area (Å²) in [7, 11) is 0. The molecule has 3 aromatic rings. The summed E-state index contributed by atoms with van der Waals surface area (Å²) in [6, 6.07) is 11.9. The van der Waals surface area contributed by atoms with E-state index in [1.807, 2.05) is 36.4 Å². The minimum absolute atomic E-state index is 0.549. The molecule has 0 amide bonds. The molecule has 0 N–H and O–H groups in total. The Morgan fingerprint density at radius 3 is 2.69 bits per heavy atom. The van der Waals surface area contributed by atoms with E-state index in [9.17, 15) is 0 Å². The zero-order chi connectivity index (χ0) is 10.8. The molecular weight excluding hydrogens is 200 g/mol. The summed E-state index contributed by atoms with van der Waals surface area (Å²) in [6.45, 7) is 0. The van der Waals surface area contributed by atoms with Crippen molar-refractivity contribution in [1.29, 1.82) is 0 Å². The average Bonchev–Trinajstić information content (AvgIpc) is 2.39. The number of pyridine rings is 1. The molecule has 0 saturated heterocycles. The third-order valence-electron chi connectivity index (χ3n) is 2.31. The summed E-state index contributed by atoms with van der Waals surface area (Å²) < 4.78 is 0. The number of hydrogen-bond donors (Lipinski definition) is 0. The predicted octanol–water partition coefficient (Wildman–Crippen LogP) is 2.09. The summed E-state index contributed by atoms with van der Waals surface area (Å²) in [5.41, 5.74) is 1.68. The highest BCUT2D eigenvalue weighted by molar-refractivity contribution is 5.80. The Hall–Kier alpha value is -2.36. The number of fused-ring (bicyclic) bond motifs is 1. The quantitative estimate of drug-likeness (QED) is 0.614. The van der Waals surface area contributed by atoms with E-state index >= 15 is 0 Å². The SMILES string of the molecule is c1ccc2nc(-c3nccnn3)ccc2c1. The van der Waals surface area contributed by atoms with Crippen LogP contribution in [0.5, 0.6) is 0 Å². The monoisotopic (exact) mass is 208 g/mol. The van der Waals surface area contributed by atoms with Gasteiger partial charge in [0.1, 0.15) is 5.69 Å². The lowest BCUT2D eigenvalue weighted by Crippen LogP contribution is -1.92. The number of nitrogens with zero attached hydrogens (tertiary/aromatic N) is 4. The maximum atomic E-state index is 4.48. The van der Waals surface area contributed by atoms with E-state index in [-0.39, 0.29) is 0 Å². The average molecular weight is 208 g/mol. The van der Waals surface area contributed by atoms with Gasteiger partial charge in [-0.05, 0) is 12.1 Å². The number of rotatable bonds is 1. The van der Waals surface area contributed by atoms with E-state index in [2.05, 4.69) is 20.2 Å². The first-order valence-electron chi connectivity index (χ1n) is 4.93. The van der Waals surface area contributed by atoms with Crippen LogP contribution < -0.4 is 0 Å². The lowest BCUT2D eigenvalue weighted by molar-refractivity contribution is 0.972. The Labute approximate surface area is 92.0 Å². The molecule has 4 nitrogen and oxygen atoms in total. The second kappa shape index (κ2) is 3.66. The Morgan fingerprint density at radius 2 is 1.81 bits per heavy atom. The van der Waals surface area contributed by atoms with Crippen molar-refractivity contribution >= 4 is 10.9 Å². The van der Waals surface area contributed by atoms with Crippen molar-refractivity contribution in [2.75, 3.05) is 0 Å². The van der Waals surface area contributed by atoms with Crippen LogP contribution in [0.15, 0.2) is 48.8 Å². The Balaban J connectivity index is 2.19. The van der Waals surface area contributed by atoms with Crippen LogP contribution in [0.4, 0.5) is 0 Å². The van der Waals surface area contributed by atoms with E-state index in [0.717, 1.165) is 16.6 Å². The normalized spacial score (nSPS) is 10.5. The highest BCUT2D eigenvalue weighted by atomic mass is 15.1. The molecule has 0 bridgehead atoms. The van der Waals surface area contributed by atoms with E-state index in [4.69, 9.17) is 0 Å². The fraction of sp³-hybridized carbons (Fsp3) is 0. The zero-order valence-electron chi connectivity index (χ0n) is 8.41. The van der Waals surface area contributed by atoms with Crippen molar-refractivity contribution in [2.24, 2.45) is 0 Å². The molecule has 1 aromatic carbocycles. The summed E-state index contributed by atoms with van der Waals surface area (Å²) in [6.07, 6.45) is 3.16. The Kier molecular flexibility index (Phi) is 2.04. The van der Waals surface area contributed by atoms with Crippen molar-refractivity contribution in [2.45, 2.75) is 0 Å². The van der Waals surface area contributed by atoms with Crippen LogP contribution >= 0.6 is 0 Å². The maximum absolute atomic E-state index is 4.48.